The van der Waals surface area contributed by atoms with Crippen molar-refractivity contribution < 1.29 is 72.5 Å². The van der Waals surface area contributed by atoms with Crippen LogP contribution in [-0.2, 0) is 68.7 Å². The van der Waals surface area contributed by atoms with Crippen LogP contribution in [0.1, 0.15) is 111 Å². The number of thioether (sulfide) groups is 1. The molecule has 16 N–H and O–H groups in total. The smallest absolute Gasteiger partial charge is 0.305 e. The van der Waals surface area contributed by atoms with Crippen LogP contribution in [0.2, 0.25) is 0 Å². The number of nitrogens with two attached hydrogens (primary N) is 2. The highest BCUT2D eigenvalue weighted by molar-refractivity contribution is 7.98. The number of hydrogen-bond donors (Lipinski definition) is 14. The van der Waals surface area contributed by atoms with Crippen molar-refractivity contribution in [1.82, 2.24) is 58.1 Å². The molecule has 11 atom stereocenters. The fourth-order valence-corrected chi connectivity index (χ4v) is 9.64. The van der Waals surface area contributed by atoms with E-state index in [1.165, 1.54) is 23.6 Å². The Balaban J connectivity index is 1.75. The number of benzene rings is 1. The van der Waals surface area contributed by atoms with Gasteiger partial charge in [-0.2, -0.15) is 11.8 Å². The van der Waals surface area contributed by atoms with Crippen LogP contribution in [0, 0.1) is 11.8 Å². The molecule has 2 heterocycles. The number of nitrogens with zero attached hydrogens (tertiary/aromatic N) is 1. The number of aliphatic hydroxyl groups excluding tert-OH is 1. The summed E-state index contributed by atoms with van der Waals surface area (Å²) in [5.74, 6) is -11.0. The summed E-state index contributed by atoms with van der Waals surface area (Å²) in [6.45, 7) is 7.18. The summed E-state index contributed by atoms with van der Waals surface area (Å²) in [6.07, 6.45) is 3.13. The van der Waals surface area contributed by atoms with Gasteiger partial charge in [0.1, 0.15) is 60.4 Å². The largest absolute Gasteiger partial charge is 0.481 e. The fraction of sp³-hybridized carbons (Fsp3) is 0.648. The van der Waals surface area contributed by atoms with Gasteiger partial charge in [-0.1, -0.05) is 64.4 Å². The van der Waals surface area contributed by atoms with Gasteiger partial charge in [-0.05, 0) is 94.2 Å². The standard InChI is InChI=1S/C54H85N13O15S/c1-7-30(4)44(53(81)57-27-42(70)60-36(24-29(2)3)49(77)61-33(45(56)73)20-23-83-6)66-50(78)37(25-32-14-9-8-10-15-32)63-46(74)31(5)58-48(76)38(26-43(71)72)64-47(75)34(16-11-12-21-55)62-51(79)39(28-68)65-52(80)40-17-13-22-67(40)54(82)35-18-19-41(69)59-35/h8-10,14-15,29-31,33-40,44,68H,7,11-13,16-28,55H2,1-6H3,(H2,56,73)(H,57,81)(H,58,76)(H,59,69)(H,60,70)(H,61,77)(H,62,79)(H,63,74)(H,64,75)(H,65,80)(H,66,78)(H,71,72)/t30-,31-,33+,34-,35-,36-,37-,38-,39-,40-,44-/m0/s1. The van der Waals surface area contributed by atoms with Gasteiger partial charge >= 0.3 is 5.97 Å². The first kappa shape index (κ1) is 69.9. The molecular weight excluding hydrogens is 1100 g/mol. The molecule has 12 amide bonds. The van der Waals surface area contributed by atoms with E-state index in [2.05, 4.69) is 53.2 Å². The molecule has 0 spiro atoms. The number of nitrogens with one attached hydrogen (secondary N) is 10. The Morgan fingerprint density at radius 2 is 1.34 bits per heavy atom. The molecule has 1 aromatic carbocycles. The van der Waals surface area contributed by atoms with Crippen molar-refractivity contribution in [3.05, 3.63) is 35.9 Å². The lowest BCUT2D eigenvalue weighted by Gasteiger charge is -2.28. The number of carbonyl (C=O) groups is 13. The second-order valence-corrected chi connectivity index (χ2v) is 22.1. The lowest BCUT2D eigenvalue weighted by Crippen LogP contribution is -2.61. The Labute approximate surface area is 487 Å². The average Bonchev–Trinajstić information content (AvgIpc) is 4.13. The van der Waals surface area contributed by atoms with Gasteiger partial charge in [-0.25, -0.2) is 0 Å². The van der Waals surface area contributed by atoms with Crippen LogP contribution in [-0.4, -0.2) is 191 Å². The second-order valence-electron chi connectivity index (χ2n) is 21.2. The van der Waals surface area contributed by atoms with Crippen molar-refractivity contribution in [3.63, 3.8) is 0 Å². The Kier molecular flexibility index (Phi) is 29.9. The minimum atomic E-state index is -1.85. The number of carbonyl (C=O) groups excluding carboxylic acids is 12. The third-order valence-corrected chi connectivity index (χ3v) is 14.7. The Bertz CT molecular complexity index is 2440. The number of aliphatic hydroxyl groups is 1. The van der Waals surface area contributed by atoms with Gasteiger partial charge in [0.15, 0.2) is 0 Å². The lowest BCUT2D eigenvalue weighted by molar-refractivity contribution is -0.142. The first-order valence-corrected chi connectivity index (χ1v) is 29.4. The van der Waals surface area contributed by atoms with Gasteiger partial charge in [0.05, 0.1) is 19.6 Å². The predicted molar refractivity (Wildman–Crippen MR) is 304 cm³/mol. The average molecular weight is 1190 g/mol. The van der Waals surface area contributed by atoms with Crippen LogP contribution in [0.3, 0.4) is 0 Å². The summed E-state index contributed by atoms with van der Waals surface area (Å²) in [7, 11) is 0. The summed E-state index contributed by atoms with van der Waals surface area (Å²) in [4.78, 5) is 174. The van der Waals surface area contributed by atoms with Crippen molar-refractivity contribution in [2.45, 2.75) is 172 Å². The number of carboxylic acid groups (broad SMARTS) is 1. The van der Waals surface area contributed by atoms with Gasteiger partial charge in [-0.15, -0.1) is 0 Å². The molecule has 2 aliphatic heterocycles. The van der Waals surface area contributed by atoms with E-state index in [1.807, 2.05) is 20.1 Å². The molecule has 0 saturated carbocycles. The van der Waals surface area contributed by atoms with Gasteiger partial charge < -0.3 is 79.7 Å². The van der Waals surface area contributed by atoms with Crippen LogP contribution in [0.5, 0.6) is 0 Å². The summed E-state index contributed by atoms with van der Waals surface area (Å²) >= 11 is 1.46. The molecule has 83 heavy (non-hydrogen) atoms. The summed E-state index contributed by atoms with van der Waals surface area (Å²) < 4.78 is 0. The highest BCUT2D eigenvalue weighted by Crippen LogP contribution is 2.22. The van der Waals surface area contributed by atoms with Crippen LogP contribution >= 0.6 is 11.8 Å². The number of amides is 12. The molecule has 2 aliphatic rings. The number of likely N-dealkylation sites (tertiary alicyclic amines) is 1. The van der Waals surface area contributed by atoms with Gasteiger partial charge in [0.2, 0.25) is 70.9 Å². The molecule has 2 saturated heterocycles. The first-order valence-electron chi connectivity index (χ1n) is 28.0. The molecule has 0 radical (unpaired) electrons. The minimum Gasteiger partial charge on any atom is -0.481 e. The molecule has 29 heteroatoms. The van der Waals surface area contributed by atoms with Gasteiger partial charge in [-0.3, -0.25) is 62.3 Å². The number of primary amides is 1. The molecule has 1 aromatic rings. The second kappa shape index (κ2) is 35.6. The van der Waals surface area contributed by atoms with Crippen molar-refractivity contribution in [3.8, 4) is 0 Å². The molecule has 462 valence electrons. The van der Waals surface area contributed by atoms with E-state index >= 15 is 0 Å². The quantitative estimate of drug-likeness (QED) is 0.0289. The zero-order valence-corrected chi connectivity index (χ0v) is 48.9. The van der Waals surface area contributed by atoms with Crippen LogP contribution in [0.15, 0.2) is 30.3 Å². The summed E-state index contributed by atoms with van der Waals surface area (Å²) in [5, 5.41) is 45.1. The third-order valence-electron chi connectivity index (χ3n) is 14.1. The van der Waals surface area contributed by atoms with Crippen molar-refractivity contribution in [1.29, 1.82) is 0 Å². The highest BCUT2D eigenvalue weighted by Gasteiger charge is 2.41. The molecule has 0 aromatic heterocycles. The maximum Gasteiger partial charge on any atom is 0.305 e. The topological polar surface area (TPSA) is 438 Å². The first-order chi connectivity index (χ1) is 39.3. The van der Waals surface area contributed by atoms with E-state index in [9.17, 15) is 72.5 Å². The predicted octanol–water partition coefficient (Wildman–Crippen LogP) is -3.56. The van der Waals surface area contributed by atoms with E-state index in [-0.39, 0.29) is 76.3 Å². The van der Waals surface area contributed by atoms with Crippen LogP contribution < -0.4 is 64.6 Å². The molecular formula is C54H85N13O15S. The summed E-state index contributed by atoms with van der Waals surface area (Å²) in [5.41, 5.74) is 11.8. The summed E-state index contributed by atoms with van der Waals surface area (Å²) in [6, 6.07) is -4.53. The zero-order valence-electron chi connectivity index (χ0n) is 48.0. The lowest BCUT2D eigenvalue weighted by atomic mass is 9.97. The molecule has 2 fully saturated rings. The SMILES string of the molecule is CC[C@H](C)[C@H](NC(=O)[C@H](Cc1ccccc1)NC(=O)[C@H](C)NC(=O)[C@H](CC(=O)O)NC(=O)[C@H](CCCCN)NC(=O)[C@H](CO)NC(=O)[C@@H]1CCCN1C(=O)[C@@H]1CCC(=O)N1)C(=O)NCC(=O)N[C@@H](CC(C)C)C(=O)N[C@H](CCSC)C(N)=O. The minimum absolute atomic E-state index is 0.0722. The fourth-order valence-electron chi connectivity index (χ4n) is 9.16. The Morgan fingerprint density at radius 3 is 1.93 bits per heavy atom. The van der Waals surface area contributed by atoms with Crippen molar-refractivity contribution >= 4 is 88.6 Å². The van der Waals surface area contributed by atoms with E-state index in [0.29, 0.717) is 30.6 Å². The Hall–Kier alpha value is -7.40. The number of hydrogen-bond acceptors (Lipinski definition) is 16. The normalized spacial score (nSPS) is 18.0. The molecule has 0 aliphatic carbocycles. The zero-order chi connectivity index (χ0) is 61.9. The van der Waals surface area contributed by atoms with Gasteiger partial charge in [0, 0.05) is 19.4 Å². The number of aliphatic carboxylic acids is 1. The maximum atomic E-state index is 14.2. The third kappa shape index (κ3) is 23.4. The number of unbranched alkanes of at least 4 members (excludes halogenated alkanes) is 1. The van der Waals surface area contributed by atoms with Crippen LogP contribution in [0.4, 0.5) is 0 Å². The molecule has 3 rings (SSSR count). The van der Waals surface area contributed by atoms with E-state index in [1.54, 1.807) is 44.2 Å². The van der Waals surface area contributed by atoms with Crippen molar-refractivity contribution in [2.24, 2.45) is 23.3 Å². The van der Waals surface area contributed by atoms with Crippen LogP contribution in [0.25, 0.3) is 0 Å². The Morgan fingerprint density at radius 1 is 0.723 bits per heavy atom. The number of rotatable bonds is 36. The monoisotopic (exact) mass is 1190 g/mol. The van der Waals surface area contributed by atoms with E-state index < -0.39 is 157 Å². The number of carboxylic acids is 1. The highest BCUT2D eigenvalue weighted by atomic mass is 32.2. The molecule has 28 nitrogen and oxygen atoms in total. The maximum absolute atomic E-state index is 14.2. The molecule has 0 unspecified atom stereocenters. The van der Waals surface area contributed by atoms with Gasteiger partial charge in [0.25, 0.3) is 0 Å². The van der Waals surface area contributed by atoms with Crippen molar-refractivity contribution in [2.75, 3.05) is 38.2 Å². The van der Waals surface area contributed by atoms with E-state index in [0.717, 1.165) is 0 Å². The van der Waals surface area contributed by atoms with E-state index in [4.69, 9.17) is 11.5 Å². The molecule has 0 bridgehead atoms.